The first-order chi connectivity index (χ1) is 16.9. The largest absolute Gasteiger partial charge is 0.497 e. The van der Waals surface area contributed by atoms with Gasteiger partial charge in [0.05, 0.1) is 24.6 Å². The zero-order chi connectivity index (χ0) is 24.8. The number of carbonyl (C=O) groups is 1. The molecule has 2 aromatic carbocycles. The molecule has 4 rings (SSSR count). The van der Waals surface area contributed by atoms with Gasteiger partial charge in [-0.05, 0) is 93.4 Å². The zero-order valence-electron chi connectivity index (χ0n) is 20.7. The lowest BCUT2D eigenvalue weighted by Gasteiger charge is -2.37. The highest BCUT2D eigenvalue weighted by molar-refractivity contribution is 5.83. The van der Waals surface area contributed by atoms with Crippen LogP contribution >= 0.6 is 0 Å². The van der Waals surface area contributed by atoms with Crippen LogP contribution in [0.15, 0.2) is 54.7 Å². The molecule has 0 saturated carbocycles. The minimum absolute atomic E-state index is 0.0674. The summed E-state index contributed by atoms with van der Waals surface area (Å²) >= 11 is 0. The van der Waals surface area contributed by atoms with Crippen LogP contribution in [0.25, 0.3) is 10.9 Å². The van der Waals surface area contributed by atoms with Crippen LogP contribution in [-0.2, 0) is 11.2 Å². The predicted octanol–water partition coefficient (Wildman–Crippen LogP) is 5.02. The van der Waals surface area contributed by atoms with Gasteiger partial charge in [0, 0.05) is 18.1 Å². The molecule has 2 heterocycles. The SMILES string of the molecule is COc1ccc2nccc(C(O)CC[C@@H]3CCN(CCCc4cccc(C)c4)C[C@@H]3C(=O)O)c2c1. The number of hydrogen-bond acceptors (Lipinski definition) is 5. The van der Waals surface area contributed by atoms with Crippen molar-refractivity contribution in [3.8, 4) is 5.75 Å². The topological polar surface area (TPSA) is 82.9 Å². The van der Waals surface area contributed by atoms with E-state index >= 15 is 0 Å². The Hall–Kier alpha value is -2.96. The number of aliphatic hydroxyl groups excluding tert-OH is 1. The highest BCUT2D eigenvalue weighted by Gasteiger charge is 2.34. The molecule has 1 aromatic heterocycles. The predicted molar refractivity (Wildman–Crippen MR) is 138 cm³/mol. The lowest BCUT2D eigenvalue weighted by Crippen LogP contribution is -2.44. The van der Waals surface area contributed by atoms with Crippen molar-refractivity contribution >= 4 is 16.9 Å². The van der Waals surface area contributed by atoms with Crippen molar-refractivity contribution < 1.29 is 19.7 Å². The van der Waals surface area contributed by atoms with Crippen molar-refractivity contribution in [2.45, 2.75) is 45.1 Å². The van der Waals surface area contributed by atoms with Crippen LogP contribution in [0, 0.1) is 18.8 Å². The Morgan fingerprint density at radius 3 is 2.86 bits per heavy atom. The van der Waals surface area contributed by atoms with Crippen molar-refractivity contribution in [3.05, 3.63) is 71.4 Å². The number of benzene rings is 2. The Morgan fingerprint density at radius 2 is 2.09 bits per heavy atom. The van der Waals surface area contributed by atoms with E-state index in [9.17, 15) is 15.0 Å². The summed E-state index contributed by atoms with van der Waals surface area (Å²) in [7, 11) is 1.62. The number of aryl methyl sites for hydroxylation is 2. The van der Waals surface area contributed by atoms with Crippen LogP contribution in [0.4, 0.5) is 0 Å². The summed E-state index contributed by atoms with van der Waals surface area (Å²) in [6.45, 7) is 4.52. The van der Waals surface area contributed by atoms with Crippen molar-refractivity contribution in [3.63, 3.8) is 0 Å². The van der Waals surface area contributed by atoms with Crippen molar-refractivity contribution in [2.24, 2.45) is 11.8 Å². The zero-order valence-corrected chi connectivity index (χ0v) is 20.7. The van der Waals surface area contributed by atoms with Gasteiger partial charge in [0.15, 0.2) is 0 Å². The van der Waals surface area contributed by atoms with Gasteiger partial charge >= 0.3 is 5.97 Å². The number of rotatable bonds is 10. The molecule has 0 amide bonds. The molecule has 1 aliphatic heterocycles. The fourth-order valence-corrected chi connectivity index (χ4v) is 5.36. The van der Waals surface area contributed by atoms with Crippen molar-refractivity contribution in [1.82, 2.24) is 9.88 Å². The summed E-state index contributed by atoms with van der Waals surface area (Å²) in [4.78, 5) is 18.8. The van der Waals surface area contributed by atoms with E-state index in [1.54, 1.807) is 13.3 Å². The van der Waals surface area contributed by atoms with Crippen LogP contribution in [0.1, 0.15) is 48.5 Å². The molecule has 1 fully saturated rings. The van der Waals surface area contributed by atoms with Gasteiger partial charge in [-0.25, -0.2) is 0 Å². The summed E-state index contributed by atoms with van der Waals surface area (Å²) in [5.74, 6) is -0.339. The lowest BCUT2D eigenvalue weighted by atomic mass is 9.81. The summed E-state index contributed by atoms with van der Waals surface area (Å²) < 4.78 is 5.34. The number of fused-ring (bicyclic) bond motifs is 1. The summed E-state index contributed by atoms with van der Waals surface area (Å²) in [5, 5.41) is 21.8. The first kappa shape index (κ1) is 25.1. The molecule has 1 unspecified atom stereocenters. The minimum Gasteiger partial charge on any atom is -0.497 e. The van der Waals surface area contributed by atoms with E-state index < -0.39 is 18.0 Å². The number of carboxylic acid groups (broad SMARTS) is 1. The molecule has 0 aliphatic carbocycles. The van der Waals surface area contributed by atoms with E-state index in [2.05, 4.69) is 41.1 Å². The van der Waals surface area contributed by atoms with E-state index in [4.69, 9.17) is 4.74 Å². The number of ether oxygens (including phenoxy) is 1. The molecule has 6 nitrogen and oxygen atoms in total. The van der Waals surface area contributed by atoms with Gasteiger partial charge in [0.1, 0.15) is 5.75 Å². The Balaban J connectivity index is 1.33. The van der Waals surface area contributed by atoms with Crippen molar-refractivity contribution in [2.75, 3.05) is 26.7 Å². The molecule has 186 valence electrons. The van der Waals surface area contributed by atoms with E-state index in [0.29, 0.717) is 19.4 Å². The van der Waals surface area contributed by atoms with Gasteiger partial charge < -0.3 is 19.8 Å². The van der Waals surface area contributed by atoms with Crippen LogP contribution in [0.5, 0.6) is 5.75 Å². The molecule has 6 heteroatoms. The second-order valence-electron chi connectivity index (χ2n) is 9.76. The van der Waals surface area contributed by atoms with Gasteiger partial charge in [-0.15, -0.1) is 0 Å². The first-order valence-electron chi connectivity index (χ1n) is 12.6. The molecule has 0 radical (unpaired) electrons. The summed E-state index contributed by atoms with van der Waals surface area (Å²) in [6.07, 6.45) is 5.13. The number of likely N-dealkylation sites (tertiary alicyclic amines) is 1. The summed E-state index contributed by atoms with van der Waals surface area (Å²) in [5.41, 5.74) is 4.24. The maximum Gasteiger partial charge on any atom is 0.308 e. The average Bonchev–Trinajstić information content (AvgIpc) is 2.87. The first-order valence-corrected chi connectivity index (χ1v) is 12.6. The van der Waals surface area contributed by atoms with E-state index in [1.165, 1.54) is 11.1 Å². The molecule has 3 aromatic rings. The van der Waals surface area contributed by atoms with Crippen LogP contribution < -0.4 is 4.74 Å². The summed E-state index contributed by atoms with van der Waals surface area (Å²) in [6, 6.07) is 16.1. The third kappa shape index (κ3) is 6.38. The molecule has 1 saturated heterocycles. The number of pyridine rings is 1. The van der Waals surface area contributed by atoms with Gasteiger partial charge in [0.25, 0.3) is 0 Å². The fraction of sp³-hybridized carbons (Fsp3) is 0.448. The number of aliphatic hydroxyl groups is 1. The van der Waals surface area contributed by atoms with Gasteiger partial charge in [-0.2, -0.15) is 0 Å². The third-order valence-corrected chi connectivity index (χ3v) is 7.33. The Labute approximate surface area is 207 Å². The van der Waals surface area contributed by atoms with Crippen LogP contribution in [0.2, 0.25) is 0 Å². The number of nitrogens with zero attached hydrogens (tertiary/aromatic N) is 2. The number of aromatic nitrogens is 1. The van der Waals surface area contributed by atoms with Crippen molar-refractivity contribution in [1.29, 1.82) is 0 Å². The fourth-order valence-electron chi connectivity index (χ4n) is 5.36. The standard InChI is InChI=1S/C29H36N2O4/c1-20-5-3-6-21(17-20)7-4-15-31-16-13-22(26(19-31)29(33)34)8-11-28(32)24-12-14-30-27-10-9-23(35-2)18-25(24)27/h3,5-6,9-10,12,14,17-18,22,26,28,32H,4,7-8,11,13,15-16,19H2,1-2H3,(H,33,34)/t22-,26+,28?/m1/s1. The molecule has 1 aliphatic rings. The van der Waals surface area contributed by atoms with E-state index in [-0.39, 0.29) is 5.92 Å². The Kier molecular flexibility index (Phi) is 8.37. The molecular weight excluding hydrogens is 440 g/mol. The Morgan fingerprint density at radius 1 is 1.23 bits per heavy atom. The maximum absolute atomic E-state index is 12.1. The number of carboxylic acids is 1. The van der Waals surface area contributed by atoms with E-state index in [0.717, 1.165) is 54.6 Å². The van der Waals surface area contributed by atoms with Gasteiger partial charge in [-0.3, -0.25) is 9.78 Å². The Bertz CT molecular complexity index is 1150. The molecule has 35 heavy (non-hydrogen) atoms. The number of aliphatic carboxylic acids is 1. The molecule has 0 bridgehead atoms. The van der Waals surface area contributed by atoms with Crippen LogP contribution in [0.3, 0.4) is 0 Å². The molecular formula is C29H36N2O4. The smallest absolute Gasteiger partial charge is 0.308 e. The molecule has 0 spiro atoms. The number of piperidine rings is 1. The minimum atomic E-state index is -0.730. The molecule has 3 atom stereocenters. The van der Waals surface area contributed by atoms with E-state index in [1.807, 2.05) is 24.3 Å². The van der Waals surface area contributed by atoms with Crippen LogP contribution in [-0.4, -0.2) is 52.8 Å². The normalized spacial score (nSPS) is 19.5. The maximum atomic E-state index is 12.1. The quantitative estimate of drug-likeness (QED) is 0.428. The second-order valence-corrected chi connectivity index (χ2v) is 9.76. The highest BCUT2D eigenvalue weighted by atomic mass is 16.5. The lowest BCUT2D eigenvalue weighted by molar-refractivity contribution is -0.146. The highest BCUT2D eigenvalue weighted by Crippen LogP contribution is 2.33. The van der Waals surface area contributed by atoms with Gasteiger partial charge in [-0.1, -0.05) is 29.8 Å². The van der Waals surface area contributed by atoms with Gasteiger partial charge in [0.2, 0.25) is 0 Å². The average molecular weight is 477 g/mol. The molecule has 2 N–H and O–H groups in total. The number of methoxy groups -OCH3 is 1. The third-order valence-electron chi connectivity index (χ3n) is 7.33. The second kappa shape index (κ2) is 11.6. The monoisotopic (exact) mass is 476 g/mol. The number of hydrogen-bond donors (Lipinski definition) is 2.